The highest BCUT2D eigenvalue weighted by Crippen LogP contribution is 2.39. The van der Waals surface area contributed by atoms with E-state index >= 15 is 0 Å². The molecule has 2 aromatic rings. The summed E-state index contributed by atoms with van der Waals surface area (Å²) in [6, 6.07) is 2.70. The third kappa shape index (κ3) is 3.44. The van der Waals surface area contributed by atoms with Crippen molar-refractivity contribution in [1.29, 1.82) is 0 Å². The molecule has 1 fully saturated rings. The number of fused-ring (bicyclic) bond motifs is 1. The van der Waals surface area contributed by atoms with Gasteiger partial charge in [0, 0.05) is 55.4 Å². The average Bonchev–Trinajstić information content (AvgIpc) is 3.13. The molecule has 28 heavy (non-hydrogen) atoms. The molecule has 1 saturated carbocycles. The quantitative estimate of drug-likeness (QED) is 0.728. The number of H-pyrrole nitrogens is 1. The molecule has 4 rings (SSSR count). The number of phenolic OH excluding ortho intramolecular Hbond substituents is 2. The van der Waals surface area contributed by atoms with Gasteiger partial charge in [0.2, 0.25) is 5.91 Å². The largest absolute Gasteiger partial charge is 0.507 e. The van der Waals surface area contributed by atoms with Gasteiger partial charge in [0.1, 0.15) is 17.2 Å². The second-order valence-corrected chi connectivity index (χ2v) is 7.98. The fourth-order valence-electron chi connectivity index (χ4n) is 4.25. The van der Waals surface area contributed by atoms with Crippen LogP contribution in [0.4, 0.5) is 0 Å². The fourth-order valence-corrected chi connectivity index (χ4v) is 4.41. The molecule has 2 aliphatic rings. The molecule has 1 aliphatic heterocycles. The minimum Gasteiger partial charge on any atom is -0.507 e. The second kappa shape index (κ2) is 7.64. The van der Waals surface area contributed by atoms with E-state index in [1.54, 1.807) is 7.11 Å². The predicted octanol–water partition coefficient (Wildman–Crippen LogP) is 3.23. The van der Waals surface area contributed by atoms with E-state index in [0.717, 1.165) is 36.9 Å². The number of carbonyl (C=O) groups excluding carboxylic acids is 1. The molecule has 0 atom stereocenters. The lowest BCUT2D eigenvalue weighted by Gasteiger charge is -2.33. The number of carbonyl (C=O) groups is 1. The van der Waals surface area contributed by atoms with Crippen molar-refractivity contribution in [2.24, 2.45) is 5.92 Å². The normalized spacial score (nSPS) is 22.1. The lowest BCUT2D eigenvalue weighted by atomic mass is 9.86. The summed E-state index contributed by atoms with van der Waals surface area (Å²) in [6.07, 6.45) is 4.50. The predicted molar refractivity (Wildman–Crippen MR) is 104 cm³/mol. The number of rotatable bonds is 3. The highest BCUT2D eigenvalue weighted by Gasteiger charge is 2.33. The molecule has 0 saturated heterocycles. The van der Waals surface area contributed by atoms with E-state index in [4.69, 9.17) is 16.3 Å². The smallest absolute Gasteiger partial charge is 0.225 e. The number of hydrogen-bond donors (Lipinski definition) is 3. The summed E-state index contributed by atoms with van der Waals surface area (Å²) >= 11 is 6.02. The lowest BCUT2D eigenvalue weighted by molar-refractivity contribution is -0.138. The highest BCUT2D eigenvalue weighted by molar-refractivity contribution is 6.32. The highest BCUT2D eigenvalue weighted by atomic mass is 35.5. The van der Waals surface area contributed by atoms with Crippen molar-refractivity contribution in [2.45, 2.75) is 44.8 Å². The van der Waals surface area contributed by atoms with Gasteiger partial charge in [-0.05, 0) is 31.7 Å². The zero-order chi connectivity index (χ0) is 19.8. The first-order valence-electron chi connectivity index (χ1n) is 9.57. The second-order valence-electron chi connectivity index (χ2n) is 7.57. The number of methoxy groups -OCH3 is 1. The van der Waals surface area contributed by atoms with Crippen molar-refractivity contribution in [3.63, 3.8) is 0 Å². The number of phenols is 2. The molecule has 0 unspecified atom stereocenters. The van der Waals surface area contributed by atoms with Crippen molar-refractivity contribution in [2.75, 3.05) is 13.7 Å². The molecule has 0 radical (unpaired) electrons. The Hall–Kier alpha value is -2.25. The Morgan fingerprint density at radius 1 is 1.25 bits per heavy atom. The van der Waals surface area contributed by atoms with Crippen LogP contribution in [0.15, 0.2) is 12.1 Å². The third-order valence-corrected chi connectivity index (χ3v) is 6.22. The summed E-state index contributed by atoms with van der Waals surface area (Å²) in [5.41, 5.74) is 2.86. The zero-order valence-electron chi connectivity index (χ0n) is 15.7. The number of nitrogens with one attached hydrogen (secondary N) is 1. The van der Waals surface area contributed by atoms with Crippen LogP contribution < -0.4 is 0 Å². The van der Waals surface area contributed by atoms with Gasteiger partial charge in [0.15, 0.2) is 0 Å². The number of halogens is 1. The number of amides is 1. The van der Waals surface area contributed by atoms with Gasteiger partial charge in [-0.2, -0.15) is 5.10 Å². The molecule has 2 heterocycles. The van der Waals surface area contributed by atoms with E-state index in [9.17, 15) is 15.0 Å². The van der Waals surface area contributed by atoms with E-state index in [2.05, 4.69) is 10.2 Å². The Bertz CT molecular complexity index is 890. The van der Waals surface area contributed by atoms with Crippen molar-refractivity contribution in [3.8, 4) is 22.8 Å². The van der Waals surface area contributed by atoms with Crippen molar-refractivity contribution in [3.05, 3.63) is 28.4 Å². The van der Waals surface area contributed by atoms with E-state index in [-0.39, 0.29) is 34.5 Å². The molecule has 1 aromatic heterocycles. The molecule has 1 aliphatic carbocycles. The number of hydrogen-bond acceptors (Lipinski definition) is 5. The van der Waals surface area contributed by atoms with Gasteiger partial charge in [0.05, 0.1) is 11.1 Å². The Morgan fingerprint density at radius 2 is 2.00 bits per heavy atom. The van der Waals surface area contributed by atoms with Crippen LogP contribution in [-0.4, -0.2) is 51.0 Å². The summed E-state index contributed by atoms with van der Waals surface area (Å²) in [5.74, 6) is -0.0616. The van der Waals surface area contributed by atoms with E-state index < -0.39 is 0 Å². The van der Waals surface area contributed by atoms with Crippen LogP contribution in [0.2, 0.25) is 5.02 Å². The topological polar surface area (TPSA) is 98.7 Å². The Labute approximate surface area is 168 Å². The number of aromatic amines is 1. The Balaban J connectivity index is 1.55. The molecule has 150 valence electrons. The van der Waals surface area contributed by atoms with Gasteiger partial charge in [-0.25, -0.2) is 0 Å². The van der Waals surface area contributed by atoms with Crippen LogP contribution in [0.5, 0.6) is 11.5 Å². The average molecular weight is 406 g/mol. The molecule has 1 aromatic carbocycles. The summed E-state index contributed by atoms with van der Waals surface area (Å²) in [6.45, 7) is 1.10. The van der Waals surface area contributed by atoms with Crippen molar-refractivity contribution < 1.29 is 19.7 Å². The van der Waals surface area contributed by atoms with Crippen LogP contribution in [0, 0.1) is 5.92 Å². The molecule has 7 nitrogen and oxygen atoms in total. The van der Waals surface area contributed by atoms with Gasteiger partial charge >= 0.3 is 0 Å². The summed E-state index contributed by atoms with van der Waals surface area (Å²) < 4.78 is 5.41. The Morgan fingerprint density at radius 3 is 2.71 bits per heavy atom. The molecule has 3 N–H and O–H groups in total. The number of benzene rings is 1. The van der Waals surface area contributed by atoms with Crippen LogP contribution in [0.3, 0.4) is 0 Å². The first-order valence-corrected chi connectivity index (χ1v) is 9.95. The number of aromatic hydroxyl groups is 2. The van der Waals surface area contributed by atoms with Crippen LogP contribution in [-0.2, 0) is 22.5 Å². The van der Waals surface area contributed by atoms with Gasteiger partial charge in [-0.15, -0.1) is 0 Å². The molecular formula is C20H24ClN3O4. The number of aromatic nitrogens is 2. The third-order valence-electron chi connectivity index (χ3n) is 5.92. The van der Waals surface area contributed by atoms with Crippen LogP contribution in [0.25, 0.3) is 11.3 Å². The molecule has 0 bridgehead atoms. The minimum atomic E-state index is -0.184. The van der Waals surface area contributed by atoms with Crippen molar-refractivity contribution in [1.82, 2.24) is 15.1 Å². The maximum absolute atomic E-state index is 13.0. The van der Waals surface area contributed by atoms with Gasteiger partial charge in [-0.1, -0.05) is 11.6 Å². The monoisotopic (exact) mass is 405 g/mol. The van der Waals surface area contributed by atoms with Gasteiger partial charge in [0.25, 0.3) is 0 Å². The van der Waals surface area contributed by atoms with Crippen LogP contribution >= 0.6 is 11.6 Å². The molecule has 1 amide bonds. The zero-order valence-corrected chi connectivity index (χ0v) is 16.5. The minimum absolute atomic E-state index is 0.0415. The Kier molecular flexibility index (Phi) is 5.21. The summed E-state index contributed by atoms with van der Waals surface area (Å²) in [4.78, 5) is 14.9. The van der Waals surface area contributed by atoms with Gasteiger partial charge in [-0.3, -0.25) is 9.89 Å². The summed E-state index contributed by atoms with van der Waals surface area (Å²) in [7, 11) is 1.73. The standard InChI is InChI=1S/C20H24ClN3O4/c1-28-12-4-2-11(3-5-12)20(27)24-7-6-16-14(10-24)19(23-22-16)13-8-15(21)18(26)9-17(13)25/h8-9,11-12,25-26H,2-7,10H2,1H3,(H,22,23)/t11-,12-. The maximum atomic E-state index is 13.0. The fraction of sp³-hybridized carbons (Fsp3) is 0.500. The van der Waals surface area contributed by atoms with E-state index in [0.29, 0.717) is 30.8 Å². The van der Waals surface area contributed by atoms with Gasteiger partial charge < -0.3 is 19.8 Å². The lowest BCUT2D eigenvalue weighted by Crippen LogP contribution is -2.41. The summed E-state index contributed by atoms with van der Waals surface area (Å²) in [5, 5.41) is 27.4. The first-order chi connectivity index (χ1) is 13.5. The number of ether oxygens (including phenoxy) is 1. The number of nitrogens with zero attached hydrogens (tertiary/aromatic N) is 2. The maximum Gasteiger partial charge on any atom is 0.225 e. The molecular weight excluding hydrogens is 382 g/mol. The van der Waals surface area contributed by atoms with E-state index in [1.165, 1.54) is 12.1 Å². The van der Waals surface area contributed by atoms with E-state index in [1.807, 2.05) is 4.90 Å². The molecule has 0 spiro atoms. The molecule has 8 heteroatoms. The van der Waals surface area contributed by atoms with Crippen LogP contribution in [0.1, 0.15) is 36.9 Å². The first kappa shape index (κ1) is 19.1. The SMILES string of the molecule is CO[C@H]1CC[C@H](C(=O)N2CCc3[nH]nc(-c4cc(Cl)c(O)cc4O)c3C2)CC1. The van der Waals surface area contributed by atoms with Crippen molar-refractivity contribution >= 4 is 17.5 Å².